The molecule has 0 saturated heterocycles. The van der Waals surface area contributed by atoms with Crippen LogP contribution in [0.15, 0.2) is 78.9 Å². The average molecular weight is 405 g/mol. The minimum absolute atomic E-state index is 0.0538. The van der Waals surface area contributed by atoms with Crippen LogP contribution in [0.4, 0.5) is 17.1 Å². The van der Waals surface area contributed by atoms with Crippen LogP contribution in [0.3, 0.4) is 0 Å². The summed E-state index contributed by atoms with van der Waals surface area (Å²) in [7, 11) is 4.05. The van der Waals surface area contributed by atoms with Crippen LogP contribution in [0.2, 0.25) is 0 Å². The number of likely N-dealkylation sites (N-methyl/N-ethyl adjacent to an activating group) is 1. The highest BCUT2D eigenvalue weighted by atomic mass is 16.6. The third-order valence-electron chi connectivity index (χ3n) is 5.24. The maximum atomic E-state index is 11.7. The number of nitro groups is 1. The summed E-state index contributed by atoms with van der Waals surface area (Å²) in [5.41, 5.74) is 3.46. The molecule has 6 nitrogen and oxygen atoms in total. The van der Waals surface area contributed by atoms with Gasteiger partial charge in [0, 0.05) is 24.3 Å². The van der Waals surface area contributed by atoms with Gasteiger partial charge in [0.2, 0.25) is 0 Å². The van der Waals surface area contributed by atoms with Crippen molar-refractivity contribution in [1.82, 2.24) is 4.90 Å². The van der Waals surface area contributed by atoms with Gasteiger partial charge in [0.05, 0.1) is 11.0 Å². The van der Waals surface area contributed by atoms with Crippen molar-refractivity contribution in [1.29, 1.82) is 0 Å². The van der Waals surface area contributed by atoms with Crippen molar-refractivity contribution in [2.75, 3.05) is 31.3 Å². The van der Waals surface area contributed by atoms with E-state index in [1.54, 1.807) is 12.1 Å². The molecule has 0 aliphatic carbocycles. The Morgan fingerprint density at radius 3 is 2.00 bits per heavy atom. The second-order valence-electron chi connectivity index (χ2n) is 7.58. The summed E-state index contributed by atoms with van der Waals surface area (Å²) in [6, 6.07) is 25.2. The van der Waals surface area contributed by atoms with Crippen molar-refractivity contribution in [2.24, 2.45) is 0 Å². The molecule has 3 rings (SSSR count). The van der Waals surface area contributed by atoms with Gasteiger partial charge >= 0.3 is 0 Å². The van der Waals surface area contributed by atoms with Gasteiger partial charge < -0.3 is 15.5 Å². The standard InChI is InChI=1S/C24H28N4O2/c1-18(27(2)3)17-25-21-14-15-23(28(29)30)22(16-21)26-24(19-10-6-4-7-11-19)20-12-8-5-9-13-20/h4-16,18,24-26H,17H2,1-3H3. The molecule has 3 aromatic rings. The number of hydrogen-bond donors (Lipinski definition) is 2. The summed E-state index contributed by atoms with van der Waals surface area (Å²) in [4.78, 5) is 13.5. The van der Waals surface area contributed by atoms with E-state index < -0.39 is 0 Å². The molecule has 0 fully saturated rings. The molecule has 0 aromatic heterocycles. The SMILES string of the molecule is CC(CNc1ccc([N+](=O)[O-])c(NC(c2ccccc2)c2ccccc2)c1)N(C)C. The van der Waals surface area contributed by atoms with Gasteiger partial charge in [-0.2, -0.15) is 0 Å². The van der Waals surface area contributed by atoms with Crippen molar-refractivity contribution in [3.05, 3.63) is 100 Å². The van der Waals surface area contributed by atoms with E-state index in [0.29, 0.717) is 11.7 Å². The molecule has 0 heterocycles. The first-order valence-corrected chi connectivity index (χ1v) is 10.0. The molecule has 2 N–H and O–H groups in total. The van der Waals surface area contributed by atoms with E-state index in [2.05, 4.69) is 22.5 Å². The van der Waals surface area contributed by atoms with Crippen LogP contribution >= 0.6 is 0 Å². The normalized spacial score (nSPS) is 12.0. The van der Waals surface area contributed by atoms with Crippen molar-refractivity contribution in [2.45, 2.75) is 19.0 Å². The lowest BCUT2D eigenvalue weighted by Crippen LogP contribution is -2.31. The number of anilines is 2. The molecule has 156 valence electrons. The Morgan fingerprint density at radius 1 is 0.933 bits per heavy atom. The molecule has 0 spiro atoms. The van der Waals surface area contributed by atoms with Crippen molar-refractivity contribution >= 4 is 17.1 Å². The zero-order valence-electron chi connectivity index (χ0n) is 17.6. The number of benzene rings is 3. The Bertz CT molecular complexity index is 922. The van der Waals surface area contributed by atoms with Crippen LogP contribution in [-0.2, 0) is 0 Å². The quantitative estimate of drug-likeness (QED) is 0.381. The van der Waals surface area contributed by atoms with E-state index in [1.165, 1.54) is 0 Å². The average Bonchev–Trinajstić information content (AvgIpc) is 2.76. The third-order valence-corrected chi connectivity index (χ3v) is 5.24. The smallest absolute Gasteiger partial charge is 0.292 e. The van der Waals surface area contributed by atoms with E-state index in [0.717, 1.165) is 23.4 Å². The first-order valence-electron chi connectivity index (χ1n) is 10.0. The lowest BCUT2D eigenvalue weighted by atomic mass is 9.98. The van der Waals surface area contributed by atoms with E-state index in [9.17, 15) is 10.1 Å². The van der Waals surface area contributed by atoms with Gasteiger partial charge in [-0.25, -0.2) is 0 Å². The first-order chi connectivity index (χ1) is 14.5. The van der Waals surface area contributed by atoms with Crippen LogP contribution in [0.1, 0.15) is 24.1 Å². The fourth-order valence-electron chi connectivity index (χ4n) is 3.17. The summed E-state index contributed by atoms with van der Waals surface area (Å²) in [6.45, 7) is 2.86. The Labute approximate surface area is 177 Å². The molecular weight excluding hydrogens is 376 g/mol. The second-order valence-corrected chi connectivity index (χ2v) is 7.58. The highest BCUT2D eigenvalue weighted by Crippen LogP contribution is 2.33. The third kappa shape index (κ3) is 5.36. The number of nitrogens with one attached hydrogen (secondary N) is 2. The van der Waals surface area contributed by atoms with Crippen LogP contribution in [0, 0.1) is 10.1 Å². The molecule has 3 aromatic carbocycles. The van der Waals surface area contributed by atoms with Crippen molar-refractivity contribution in [3.63, 3.8) is 0 Å². The zero-order valence-corrected chi connectivity index (χ0v) is 17.6. The Hall–Kier alpha value is -3.38. The van der Waals surface area contributed by atoms with Crippen molar-refractivity contribution in [3.8, 4) is 0 Å². The molecule has 1 unspecified atom stereocenters. The predicted molar refractivity (Wildman–Crippen MR) is 123 cm³/mol. The molecular formula is C24H28N4O2. The summed E-state index contributed by atoms with van der Waals surface area (Å²) in [6.07, 6.45) is 0. The molecule has 1 atom stereocenters. The molecule has 0 bridgehead atoms. The summed E-state index contributed by atoms with van der Waals surface area (Å²) >= 11 is 0. The topological polar surface area (TPSA) is 70.4 Å². The minimum atomic E-state index is -0.346. The molecule has 6 heteroatoms. The number of hydrogen-bond acceptors (Lipinski definition) is 5. The van der Waals surface area contributed by atoms with Gasteiger partial charge in [-0.05, 0) is 44.3 Å². The largest absolute Gasteiger partial charge is 0.383 e. The summed E-state index contributed by atoms with van der Waals surface area (Å²) in [5, 5.41) is 18.5. The van der Waals surface area contributed by atoms with E-state index in [1.807, 2.05) is 80.8 Å². The highest BCUT2D eigenvalue weighted by molar-refractivity contribution is 5.69. The van der Waals surface area contributed by atoms with Gasteiger partial charge in [-0.15, -0.1) is 0 Å². The van der Waals surface area contributed by atoms with E-state index in [-0.39, 0.29) is 16.7 Å². The fraction of sp³-hybridized carbons (Fsp3) is 0.250. The van der Waals surface area contributed by atoms with Gasteiger partial charge in [-0.1, -0.05) is 60.7 Å². The predicted octanol–water partition coefficient (Wildman–Crippen LogP) is 5.16. The highest BCUT2D eigenvalue weighted by Gasteiger charge is 2.20. The number of nitrogens with zero attached hydrogens (tertiary/aromatic N) is 2. The van der Waals surface area contributed by atoms with Gasteiger partial charge in [0.15, 0.2) is 0 Å². The van der Waals surface area contributed by atoms with Gasteiger partial charge in [0.25, 0.3) is 5.69 Å². The van der Waals surface area contributed by atoms with Crippen molar-refractivity contribution < 1.29 is 4.92 Å². The summed E-state index contributed by atoms with van der Waals surface area (Å²) < 4.78 is 0. The Balaban J connectivity index is 1.94. The maximum absolute atomic E-state index is 11.7. The fourth-order valence-corrected chi connectivity index (χ4v) is 3.17. The number of rotatable bonds is 9. The molecule has 0 aliphatic rings. The first kappa shape index (κ1) is 21.3. The van der Waals surface area contributed by atoms with E-state index >= 15 is 0 Å². The monoisotopic (exact) mass is 404 g/mol. The Kier molecular flexibility index (Phi) is 7.03. The molecule has 0 amide bonds. The van der Waals surface area contributed by atoms with Crippen LogP contribution in [0.25, 0.3) is 0 Å². The van der Waals surface area contributed by atoms with Crippen LogP contribution in [0.5, 0.6) is 0 Å². The molecule has 0 aliphatic heterocycles. The number of nitro benzene ring substituents is 1. The second kappa shape index (κ2) is 9.89. The summed E-state index contributed by atoms with van der Waals surface area (Å²) in [5.74, 6) is 0. The lowest BCUT2D eigenvalue weighted by molar-refractivity contribution is -0.384. The van der Waals surface area contributed by atoms with Crippen LogP contribution < -0.4 is 10.6 Å². The minimum Gasteiger partial charge on any atom is -0.383 e. The zero-order chi connectivity index (χ0) is 21.5. The molecule has 30 heavy (non-hydrogen) atoms. The van der Waals surface area contributed by atoms with Gasteiger partial charge in [0.1, 0.15) is 5.69 Å². The maximum Gasteiger partial charge on any atom is 0.292 e. The molecule has 0 radical (unpaired) electrons. The Morgan fingerprint density at radius 2 is 1.50 bits per heavy atom. The van der Waals surface area contributed by atoms with Gasteiger partial charge in [-0.3, -0.25) is 10.1 Å². The molecule has 0 saturated carbocycles. The lowest BCUT2D eigenvalue weighted by Gasteiger charge is -2.23. The van der Waals surface area contributed by atoms with Crippen LogP contribution in [-0.4, -0.2) is 36.5 Å². The van der Waals surface area contributed by atoms with E-state index in [4.69, 9.17) is 0 Å².